The number of hydrogen-bond acceptors (Lipinski definition) is 6. The van der Waals surface area contributed by atoms with Crippen molar-refractivity contribution in [3.8, 4) is 17.2 Å². The Morgan fingerprint density at radius 3 is 2.91 bits per heavy atom. The highest BCUT2D eigenvalue weighted by Gasteiger charge is 2.23. The third-order valence-corrected chi connectivity index (χ3v) is 5.58. The number of amides is 1. The molecule has 2 aromatic carbocycles. The summed E-state index contributed by atoms with van der Waals surface area (Å²) in [7, 11) is 1.65. The normalized spacial score (nSPS) is 19.9. The first-order valence-corrected chi connectivity index (χ1v) is 10.6. The Morgan fingerprint density at radius 2 is 2.16 bits per heavy atom. The molecule has 4 rings (SSSR count). The van der Waals surface area contributed by atoms with Crippen molar-refractivity contribution < 1.29 is 19.0 Å². The maximum atomic E-state index is 11.8. The zero-order valence-electron chi connectivity index (χ0n) is 18.0. The number of carbonyl (C=O) groups is 1. The minimum absolute atomic E-state index is 0.137. The number of hydrogen-bond donors (Lipinski definition) is 0. The molecule has 164 valence electrons. The lowest BCUT2D eigenvalue weighted by Gasteiger charge is -2.29. The fourth-order valence-corrected chi connectivity index (χ4v) is 3.94. The number of rotatable bonds is 5. The number of nitriles is 1. The number of fused-ring (bicyclic) bond motifs is 1. The Bertz CT molecular complexity index is 1080. The first-order chi connectivity index (χ1) is 15.7. The van der Waals surface area contributed by atoms with Crippen LogP contribution in [0.2, 0.25) is 0 Å². The summed E-state index contributed by atoms with van der Waals surface area (Å²) in [5.41, 5.74) is 5.31. The third-order valence-electron chi connectivity index (χ3n) is 5.58. The van der Waals surface area contributed by atoms with Crippen LogP contribution in [-0.2, 0) is 25.4 Å². The molecule has 0 radical (unpaired) electrons. The zero-order valence-corrected chi connectivity index (χ0v) is 18.0. The average molecular weight is 431 g/mol. The van der Waals surface area contributed by atoms with Gasteiger partial charge >= 0.3 is 0 Å². The van der Waals surface area contributed by atoms with Gasteiger partial charge in [0.25, 0.3) is 0 Å². The maximum absolute atomic E-state index is 11.8. The average Bonchev–Trinajstić information content (AvgIpc) is 2.86. The van der Waals surface area contributed by atoms with E-state index in [2.05, 4.69) is 17.1 Å². The van der Waals surface area contributed by atoms with Crippen molar-refractivity contribution in [3.63, 3.8) is 0 Å². The second-order valence-electron chi connectivity index (χ2n) is 7.55. The molecule has 2 aromatic rings. The van der Waals surface area contributed by atoms with Crippen LogP contribution in [-0.4, -0.2) is 63.3 Å². The van der Waals surface area contributed by atoms with E-state index in [1.807, 2.05) is 36.4 Å². The van der Waals surface area contributed by atoms with Gasteiger partial charge in [-0.1, -0.05) is 36.4 Å². The molecule has 2 heterocycles. The van der Waals surface area contributed by atoms with Crippen LogP contribution in [0.25, 0.3) is 16.8 Å². The first kappa shape index (κ1) is 21.8. The van der Waals surface area contributed by atoms with E-state index in [-0.39, 0.29) is 6.10 Å². The predicted octanol–water partition coefficient (Wildman–Crippen LogP) is 3.04. The molecule has 0 bridgehead atoms. The maximum Gasteiger partial charge on any atom is 0.214 e. The SMILES string of the molecule is CN=C(/C=C1/c2ccc(-c3ccccc3C#N)cc2CCN1C=O)OCC1COCCO1. The van der Waals surface area contributed by atoms with Crippen LogP contribution in [0.3, 0.4) is 0 Å². The van der Waals surface area contributed by atoms with E-state index in [0.717, 1.165) is 40.8 Å². The molecular formula is C25H25N3O4. The topological polar surface area (TPSA) is 84.2 Å². The van der Waals surface area contributed by atoms with Gasteiger partial charge in [0.2, 0.25) is 12.3 Å². The van der Waals surface area contributed by atoms with Crippen LogP contribution in [0, 0.1) is 11.3 Å². The molecule has 7 nitrogen and oxygen atoms in total. The van der Waals surface area contributed by atoms with E-state index >= 15 is 0 Å². The highest BCUT2D eigenvalue weighted by molar-refractivity contribution is 5.97. The molecule has 2 aliphatic heterocycles. The highest BCUT2D eigenvalue weighted by atomic mass is 16.6. The molecule has 0 aliphatic carbocycles. The van der Waals surface area contributed by atoms with Gasteiger partial charge in [0, 0.05) is 25.2 Å². The first-order valence-electron chi connectivity index (χ1n) is 10.6. The van der Waals surface area contributed by atoms with Gasteiger partial charge in [-0.25, -0.2) is 0 Å². The van der Waals surface area contributed by atoms with Crippen LogP contribution < -0.4 is 0 Å². The van der Waals surface area contributed by atoms with Gasteiger partial charge in [-0.05, 0) is 29.2 Å². The van der Waals surface area contributed by atoms with Crippen molar-refractivity contribution in [1.82, 2.24) is 4.90 Å². The number of ether oxygens (including phenoxy) is 3. The molecule has 32 heavy (non-hydrogen) atoms. The van der Waals surface area contributed by atoms with Gasteiger partial charge in [0.15, 0.2) is 0 Å². The van der Waals surface area contributed by atoms with Crippen molar-refractivity contribution in [1.29, 1.82) is 5.26 Å². The molecule has 1 amide bonds. The fraction of sp³-hybridized carbons (Fsp3) is 0.320. The monoisotopic (exact) mass is 431 g/mol. The lowest BCUT2D eigenvalue weighted by atomic mass is 9.91. The summed E-state index contributed by atoms with van der Waals surface area (Å²) in [6, 6.07) is 15.9. The van der Waals surface area contributed by atoms with Crippen LogP contribution in [0.5, 0.6) is 0 Å². The molecule has 1 fully saturated rings. The van der Waals surface area contributed by atoms with Gasteiger partial charge < -0.3 is 19.1 Å². The number of carbonyl (C=O) groups excluding carboxylic acids is 1. The lowest BCUT2D eigenvalue weighted by Crippen LogP contribution is -2.33. The van der Waals surface area contributed by atoms with E-state index < -0.39 is 0 Å². The van der Waals surface area contributed by atoms with E-state index in [9.17, 15) is 10.1 Å². The molecule has 2 aliphatic rings. The molecule has 0 saturated carbocycles. The smallest absolute Gasteiger partial charge is 0.214 e. The van der Waals surface area contributed by atoms with Crippen LogP contribution >= 0.6 is 0 Å². The Labute approximate surface area is 187 Å². The molecule has 0 spiro atoms. The summed E-state index contributed by atoms with van der Waals surface area (Å²) < 4.78 is 16.9. The van der Waals surface area contributed by atoms with E-state index in [1.54, 1.807) is 18.0 Å². The van der Waals surface area contributed by atoms with E-state index in [4.69, 9.17) is 14.2 Å². The fourth-order valence-electron chi connectivity index (χ4n) is 3.94. The standard InChI is InChI=1S/C25H25N3O4/c1-27-25(32-16-21-15-30-10-11-31-21)13-24-23-7-6-18(12-19(23)8-9-28(24)17-29)22-5-3-2-4-20(22)14-26/h2-7,12-13,17,21H,8-11,15-16H2,1H3/b24-13-,27-25?. The summed E-state index contributed by atoms with van der Waals surface area (Å²) in [6.45, 7) is 2.53. The second-order valence-corrected chi connectivity index (χ2v) is 7.55. The van der Waals surface area contributed by atoms with Gasteiger partial charge in [-0.15, -0.1) is 0 Å². The number of nitrogens with zero attached hydrogens (tertiary/aromatic N) is 3. The summed E-state index contributed by atoms with van der Waals surface area (Å²) >= 11 is 0. The molecular weight excluding hydrogens is 406 g/mol. The summed E-state index contributed by atoms with van der Waals surface area (Å²) in [5.74, 6) is 0.424. The molecule has 1 unspecified atom stereocenters. The summed E-state index contributed by atoms with van der Waals surface area (Å²) in [6.07, 6.45) is 3.21. The van der Waals surface area contributed by atoms with Gasteiger partial charge in [0.1, 0.15) is 12.7 Å². The Kier molecular flexibility index (Phi) is 6.95. The van der Waals surface area contributed by atoms with Gasteiger partial charge in [-0.3, -0.25) is 9.79 Å². The van der Waals surface area contributed by atoms with Crippen molar-refractivity contribution in [2.24, 2.45) is 4.99 Å². The predicted molar refractivity (Wildman–Crippen MR) is 121 cm³/mol. The minimum atomic E-state index is -0.137. The number of benzene rings is 2. The summed E-state index contributed by atoms with van der Waals surface area (Å²) in [5, 5.41) is 9.45. The number of aliphatic imine (C=N–C) groups is 1. The largest absolute Gasteiger partial charge is 0.475 e. The Morgan fingerprint density at radius 1 is 1.28 bits per heavy atom. The van der Waals surface area contributed by atoms with Crippen LogP contribution in [0.4, 0.5) is 0 Å². The van der Waals surface area contributed by atoms with Gasteiger partial charge in [0.05, 0.1) is 37.2 Å². The van der Waals surface area contributed by atoms with Crippen molar-refractivity contribution in [2.75, 3.05) is 40.0 Å². The zero-order chi connectivity index (χ0) is 22.3. The van der Waals surface area contributed by atoms with Crippen molar-refractivity contribution in [3.05, 3.63) is 65.2 Å². The van der Waals surface area contributed by atoms with Crippen LogP contribution in [0.15, 0.2) is 53.5 Å². The summed E-state index contributed by atoms with van der Waals surface area (Å²) in [4.78, 5) is 17.7. The van der Waals surface area contributed by atoms with E-state index in [0.29, 0.717) is 44.4 Å². The molecule has 0 N–H and O–H groups in total. The molecule has 0 aromatic heterocycles. The lowest BCUT2D eigenvalue weighted by molar-refractivity contribution is -0.115. The second kappa shape index (κ2) is 10.2. The third kappa shape index (κ3) is 4.72. The quantitative estimate of drug-likeness (QED) is 0.413. The molecule has 7 heteroatoms. The van der Waals surface area contributed by atoms with Crippen molar-refractivity contribution >= 4 is 18.0 Å². The van der Waals surface area contributed by atoms with Crippen molar-refractivity contribution in [2.45, 2.75) is 12.5 Å². The van der Waals surface area contributed by atoms with E-state index in [1.165, 1.54) is 0 Å². The molecule has 1 atom stereocenters. The Balaban J connectivity index is 1.62. The highest BCUT2D eigenvalue weighted by Crippen LogP contribution is 2.32. The minimum Gasteiger partial charge on any atom is -0.475 e. The van der Waals surface area contributed by atoms with Crippen LogP contribution in [0.1, 0.15) is 16.7 Å². The molecule has 1 saturated heterocycles. The van der Waals surface area contributed by atoms with Gasteiger partial charge in [-0.2, -0.15) is 5.26 Å². The Hall–Kier alpha value is -3.47.